The minimum atomic E-state index is -0.394. The zero-order valence-electron chi connectivity index (χ0n) is 26.5. The Morgan fingerprint density at radius 2 is 0.784 bits per heavy atom. The molecule has 0 aromatic heterocycles. The van der Waals surface area contributed by atoms with Crippen molar-refractivity contribution in [2.45, 2.75) is 0 Å². The Kier molecular flexibility index (Phi) is 5.48. The lowest BCUT2D eigenvalue weighted by molar-refractivity contribution is 0.0878. The molecule has 0 saturated carbocycles. The Morgan fingerprint density at radius 3 is 1.33 bits per heavy atom. The summed E-state index contributed by atoms with van der Waals surface area (Å²) in [6, 6.07) is 39.7. The van der Waals surface area contributed by atoms with Crippen molar-refractivity contribution in [2.24, 2.45) is 0 Å². The summed E-state index contributed by atoms with van der Waals surface area (Å²) in [5, 5.41) is 9.60. The third-order valence-electron chi connectivity index (χ3n) is 10.7. The first kappa shape index (κ1) is 28.4. The molecule has 0 spiro atoms. The number of fused-ring (bicyclic) bond motifs is 4. The molecule has 51 heavy (non-hydrogen) atoms. The zero-order valence-corrected chi connectivity index (χ0v) is 28.1. The highest BCUT2D eigenvalue weighted by molar-refractivity contribution is 9.10. The Labute approximate surface area is 297 Å². The Bertz CT molecular complexity index is 3120. The van der Waals surface area contributed by atoms with Gasteiger partial charge in [-0.2, -0.15) is 0 Å². The molecule has 0 atom stereocenters. The summed E-state index contributed by atoms with van der Waals surface area (Å²) in [5.41, 5.74) is 2.83. The Hall–Kier alpha value is -6.44. The SMILES string of the molecule is O=C1c2ccc3c4ccc5c6c(cc(Br)c(c7ccc(c2c37)C(=O)N1c1cccc2ccccc12)c64)C(=O)N(c1cccc2ccccc12)C5=O. The largest absolute Gasteiger partial charge is 0.268 e. The van der Waals surface area contributed by atoms with Crippen LogP contribution in [0.2, 0.25) is 0 Å². The van der Waals surface area contributed by atoms with Crippen LogP contribution >= 0.6 is 15.9 Å². The first-order chi connectivity index (χ1) is 24.9. The molecule has 0 N–H and O–H groups in total. The van der Waals surface area contributed by atoms with Crippen LogP contribution in [-0.4, -0.2) is 23.6 Å². The summed E-state index contributed by atoms with van der Waals surface area (Å²) in [7, 11) is 0. The van der Waals surface area contributed by atoms with Gasteiger partial charge in [0, 0.05) is 53.5 Å². The van der Waals surface area contributed by atoms with Crippen LogP contribution in [0.1, 0.15) is 41.4 Å². The van der Waals surface area contributed by atoms with Crippen LogP contribution in [0, 0.1) is 0 Å². The average Bonchev–Trinajstić information content (AvgIpc) is 3.16. The smallest absolute Gasteiger partial charge is 0.266 e. The lowest BCUT2D eigenvalue weighted by Gasteiger charge is -2.31. The van der Waals surface area contributed by atoms with Gasteiger partial charge in [0.15, 0.2) is 0 Å². The van der Waals surface area contributed by atoms with Gasteiger partial charge in [0.2, 0.25) is 0 Å². The van der Waals surface area contributed by atoms with Gasteiger partial charge in [-0.15, -0.1) is 0 Å². The number of halogens is 1. The van der Waals surface area contributed by atoms with Gasteiger partial charge < -0.3 is 0 Å². The van der Waals surface area contributed by atoms with Gasteiger partial charge in [-0.05, 0) is 68.7 Å². The van der Waals surface area contributed by atoms with Crippen LogP contribution in [-0.2, 0) is 0 Å². The number of hydrogen-bond donors (Lipinski definition) is 0. The van der Waals surface area contributed by atoms with E-state index in [9.17, 15) is 19.2 Å². The maximum absolute atomic E-state index is 14.4. The molecule has 0 aliphatic carbocycles. The molecule has 9 aromatic rings. The molecule has 7 heteroatoms. The van der Waals surface area contributed by atoms with E-state index in [1.165, 1.54) is 9.80 Å². The molecule has 6 nitrogen and oxygen atoms in total. The van der Waals surface area contributed by atoms with Crippen molar-refractivity contribution >= 4 is 116 Å². The van der Waals surface area contributed by atoms with Crippen molar-refractivity contribution in [1.82, 2.24) is 0 Å². The first-order valence-corrected chi connectivity index (χ1v) is 17.3. The summed E-state index contributed by atoms with van der Waals surface area (Å²) in [6.45, 7) is 0. The standard InChI is InChI=1S/C44H21BrN2O4/c45-33-21-32-38-31(43(50)47(44(32)51)35-14-6-10-23-8-2-4-12-25(23)35)19-16-27-26-15-18-29-37-30(20-17-28(36(26)37)39(33)40(27)38)42(49)46(41(29)48)34-13-5-9-22-7-1-3-11-24(22)34/h1-21H. The number of carbonyl (C=O) groups is 4. The van der Waals surface area contributed by atoms with E-state index in [4.69, 9.17) is 0 Å². The van der Waals surface area contributed by atoms with E-state index < -0.39 is 5.91 Å². The first-order valence-electron chi connectivity index (χ1n) is 16.5. The number of rotatable bonds is 2. The van der Waals surface area contributed by atoms with Gasteiger partial charge in [0.1, 0.15) is 0 Å². The predicted molar refractivity (Wildman–Crippen MR) is 206 cm³/mol. The van der Waals surface area contributed by atoms with E-state index >= 15 is 0 Å². The molecule has 238 valence electrons. The molecule has 11 rings (SSSR count). The Morgan fingerprint density at radius 1 is 0.353 bits per heavy atom. The minimum Gasteiger partial charge on any atom is -0.268 e. The van der Waals surface area contributed by atoms with Gasteiger partial charge >= 0.3 is 0 Å². The highest BCUT2D eigenvalue weighted by Gasteiger charge is 2.39. The van der Waals surface area contributed by atoms with E-state index in [1.54, 1.807) is 30.3 Å². The maximum Gasteiger partial charge on any atom is 0.266 e. The molecule has 2 heterocycles. The van der Waals surface area contributed by atoms with Crippen LogP contribution in [0.4, 0.5) is 11.4 Å². The summed E-state index contributed by atoms with van der Waals surface area (Å²) in [5.74, 6) is -1.54. The van der Waals surface area contributed by atoms with Crippen LogP contribution in [0.3, 0.4) is 0 Å². The normalized spacial score (nSPS) is 14.5. The van der Waals surface area contributed by atoms with Gasteiger partial charge in [-0.1, -0.05) is 107 Å². The molecule has 0 fully saturated rings. The summed E-state index contributed by atoms with van der Waals surface area (Å²) in [4.78, 5) is 60.0. The number of amides is 4. The third-order valence-corrected chi connectivity index (χ3v) is 11.3. The summed E-state index contributed by atoms with van der Waals surface area (Å²) >= 11 is 3.82. The second-order valence-corrected chi connectivity index (χ2v) is 14.0. The molecule has 0 unspecified atom stereocenters. The van der Waals surface area contributed by atoms with Crippen molar-refractivity contribution in [3.63, 3.8) is 0 Å². The lowest BCUT2D eigenvalue weighted by atomic mass is 9.82. The van der Waals surface area contributed by atoms with Crippen molar-refractivity contribution in [3.05, 3.63) is 154 Å². The van der Waals surface area contributed by atoms with E-state index in [0.717, 1.165) is 53.9 Å². The van der Waals surface area contributed by atoms with Gasteiger partial charge in [0.05, 0.1) is 16.9 Å². The molecular formula is C44H21BrN2O4. The number of carbonyl (C=O) groups excluding carboxylic acids is 4. The van der Waals surface area contributed by atoms with Crippen LogP contribution in [0.5, 0.6) is 0 Å². The van der Waals surface area contributed by atoms with Crippen LogP contribution < -0.4 is 9.80 Å². The van der Waals surface area contributed by atoms with E-state index in [2.05, 4.69) is 15.9 Å². The van der Waals surface area contributed by atoms with Crippen molar-refractivity contribution in [1.29, 1.82) is 0 Å². The van der Waals surface area contributed by atoms with E-state index in [-0.39, 0.29) is 17.7 Å². The van der Waals surface area contributed by atoms with Crippen molar-refractivity contribution in [3.8, 4) is 0 Å². The fraction of sp³-hybridized carbons (Fsp3) is 0. The Balaban J connectivity index is 1.17. The van der Waals surface area contributed by atoms with Gasteiger partial charge in [-0.3, -0.25) is 19.2 Å². The fourth-order valence-electron chi connectivity index (χ4n) is 8.56. The molecule has 2 aliphatic rings. The second kappa shape index (κ2) is 9.84. The number of hydrogen-bond acceptors (Lipinski definition) is 4. The van der Waals surface area contributed by atoms with Crippen molar-refractivity contribution in [2.75, 3.05) is 9.80 Å². The van der Waals surface area contributed by atoms with Crippen LogP contribution in [0.25, 0.3) is 64.6 Å². The third kappa shape index (κ3) is 3.50. The maximum atomic E-state index is 14.4. The number of anilines is 2. The molecule has 0 radical (unpaired) electrons. The highest BCUT2D eigenvalue weighted by atomic mass is 79.9. The minimum absolute atomic E-state index is 0.382. The fourth-order valence-corrected chi connectivity index (χ4v) is 9.20. The monoisotopic (exact) mass is 720 g/mol. The molecule has 2 aliphatic heterocycles. The molecule has 0 saturated heterocycles. The lowest BCUT2D eigenvalue weighted by Crippen LogP contribution is -2.40. The molecule has 9 aromatic carbocycles. The molecule has 0 bridgehead atoms. The topological polar surface area (TPSA) is 74.8 Å². The number of benzene rings is 9. The quantitative estimate of drug-likeness (QED) is 0.101. The molecule has 4 amide bonds. The van der Waals surface area contributed by atoms with Crippen LogP contribution in [0.15, 0.2) is 132 Å². The van der Waals surface area contributed by atoms with E-state index in [1.807, 2.05) is 97.1 Å². The summed E-state index contributed by atoms with van der Waals surface area (Å²) in [6.07, 6.45) is 0. The number of imide groups is 2. The molecular weight excluding hydrogens is 700 g/mol. The average molecular weight is 722 g/mol. The van der Waals surface area contributed by atoms with Gasteiger partial charge in [0.25, 0.3) is 23.6 Å². The van der Waals surface area contributed by atoms with E-state index in [0.29, 0.717) is 48.9 Å². The summed E-state index contributed by atoms with van der Waals surface area (Å²) < 4.78 is 0.682. The van der Waals surface area contributed by atoms with Crippen molar-refractivity contribution < 1.29 is 19.2 Å². The number of nitrogens with zero attached hydrogens (tertiary/aromatic N) is 2. The van der Waals surface area contributed by atoms with Gasteiger partial charge in [-0.25, -0.2) is 9.80 Å². The second-order valence-electron chi connectivity index (χ2n) is 13.2. The zero-order chi connectivity index (χ0) is 34.3. The predicted octanol–water partition coefficient (Wildman–Crippen LogP) is 10.4. The highest BCUT2D eigenvalue weighted by Crippen LogP contribution is 2.49.